The molecule has 0 aliphatic carbocycles. The molecule has 0 aliphatic heterocycles. The first kappa shape index (κ1) is 15.4. The van der Waals surface area contributed by atoms with E-state index in [4.69, 9.17) is 0 Å². The molecule has 1 N–H and O–H groups in total. The summed E-state index contributed by atoms with van der Waals surface area (Å²) in [4.78, 5) is 19.1. The third kappa shape index (κ3) is 3.17. The summed E-state index contributed by atoms with van der Waals surface area (Å²) in [6.07, 6.45) is 0. The van der Waals surface area contributed by atoms with Crippen LogP contribution in [0.4, 0.5) is 4.39 Å². The van der Waals surface area contributed by atoms with Gasteiger partial charge in [0.1, 0.15) is 16.1 Å². The Balaban J connectivity index is 2.70. The molecule has 6 heteroatoms. The molecule has 20 heavy (non-hydrogen) atoms. The predicted molar refractivity (Wildman–Crippen MR) is 84.4 cm³/mol. The summed E-state index contributed by atoms with van der Waals surface area (Å²) in [6, 6.07) is 4.40. The number of hydrogen-bond acceptors (Lipinski definition) is 2. The van der Waals surface area contributed by atoms with Gasteiger partial charge in [0.25, 0.3) is 5.56 Å². The van der Waals surface area contributed by atoms with E-state index in [0.717, 1.165) is 0 Å². The van der Waals surface area contributed by atoms with Crippen molar-refractivity contribution in [2.45, 2.75) is 26.2 Å². The van der Waals surface area contributed by atoms with Gasteiger partial charge >= 0.3 is 0 Å². The van der Waals surface area contributed by atoms with Gasteiger partial charge < -0.3 is 4.98 Å². The van der Waals surface area contributed by atoms with Crippen LogP contribution in [0.2, 0.25) is 0 Å². The summed E-state index contributed by atoms with van der Waals surface area (Å²) >= 11 is 6.49. The molecule has 0 amide bonds. The lowest BCUT2D eigenvalue weighted by Crippen LogP contribution is -2.22. The van der Waals surface area contributed by atoms with E-state index in [2.05, 4.69) is 41.8 Å². The van der Waals surface area contributed by atoms with Gasteiger partial charge in [-0.25, -0.2) is 9.37 Å². The number of nitrogens with zero attached hydrogens (tertiary/aromatic N) is 1. The number of hydrogen-bond donors (Lipinski definition) is 1. The minimum atomic E-state index is -0.391. The second-order valence-electron chi connectivity index (χ2n) is 5.49. The quantitative estimate of drug-likeness (QED) is 0.766. The standard InChI is InChI=1S/C14H13Br2FN2O/c1-14(2,3)11-10(16)13(20)19-12(18-11)7-4-8(15)6-9(17)5-7/h4-6H,1-3H3,(H,18,19,20). The predicted octanol–water partition coefficient (Wildman–Crippen LogP) is 4.40. The Morgan fingerprint density at radius 2 is 1.85 bits per heavy atom. The minimum Gasteiger partial charge on any atom is -0.306 e. The van der Waals surface area contributed by atoms with Crippen molar-refractivity contribution in [3.63, 3.8) is 0 Å². The number of benzene rings is 1. The van der Waals surface area contributed by atoms with Crippen LogP contribution >= 0.6 is 31.9 Å². The van der Waals surface area contributed by atoms with Crippen LogP contribution in [-0.2, 0) is 5.41 Å². The molecule has 0 aliphatic rings. The SMILES string of the molecule is CC(C)(C)c1nc(-c2cc(F)cc(Br)c2)[nH]c(=O)c1Br. The molecule has 1 aromatic carbocycles. The van der Waals surface area contributed by atoms with Crippen molar-refractivity contribution < 1.29 is 4.39 Å². The fourth-order valence-electron chi connectivity index (χ4n) is 1.78. The van der Waals surface area contributed by atoms with Gasteiger partial charge in [0.05, 0.1) is 5.69 Å². The lowest BCUT2D eigenvalue weighted by atomic mass is 9.92. The van der Waals surface area contributed by atoms with Crippen LogP contribution in [0.1, 0.15) is 26.5 Å². The third-order valence-electron chi connectivity index (χ3n) is 2.71. The number of aromatic nitrogens is 2. The fourth-order valence-corrected chi connectivity index (χ4v) is 3.03. The zero-order chi connectivity index (χ0) is 15.1. The van der Waals surface area contributed by atoms with Crippen LogP contribution in [0.5, 0.6) is 0 Å². The smallest absolute Gasteiger partial charge is 0.265 e. The molecular formula is C14H13Br2FN2O. The maximum absolute atomic E-state index is 13.5. The maximum Gasteiger partial charge on any atom is 0.265 e. The summed E-state index contributed by atoms with van der Waals surface area (Å²) in [6.45, 7) is 5.89. The highest BCUT2D eigenvalue weighted by Gasteiger charge is 2.22. The maximum atomic E-state index is 13.5. The second-order valence-corrected chi connectivity index (χ2v) is 7.19. The average molecular weight is 404 g/mol. The van der Waals surface area contributed by atoms with Crippen molar-refractivity contribution in [3.8, 4) is 11.4 Å². The highest BCUT2D eigenvalue weighted by molar-refractivity contribution is 9.10. The van der Waals surface area contributed by atoms with E-state index in [1.807, 2.05) is 20.8 Å². The van der Waals surface area contributed by atoms with Crippen LogP contribution in [-0.4, -0.2) is 9.97 Å². The fraction of sp³-hybridized carbons (Fsp3) is 0.286. The monoisotopic (exact) mass is 402 g/mol. The molecule has 0 saturated carbocycles. The van der Waals surface area contributed by atoms with Crippen LogP contribution < -0.4 is 5.56 Å². The van der Waals surface area contributed by atoms with Gasteiger partial charge in [0, 0.05) is 15.5 Å². The molecule has 1 aromatic heterocycles. The van der Waals surface area contributed by atoms with Gasteiger partial charge in [0.2, 0.25) is 0 Å². The summed E-state index contributed by atoms with van der Waals surface area (Å²) in [5, 5.41) is 0. The van der Waals surface area contributed by atoms with E-state index in [9.17, 15) is 9.18 Å². The molecule has 0 bridgehead atoms. The van der Waals surface area contributed by atoms with E-state index in [-0.39, 0.29) is 11.0 Å². The Labute approximate surface area is 132 Å². The van der Waals surface area contributed by atoms with Gasteiger partial charge in [-0.05, 0) is 34.1 Å². The number of aromatic amines is 1. The van der Waals surface area contributed by atoms with Crippen LogP contribution in [0.15, 0.2) is 31.9 Å². The van der Waals surface area contributed by atoms with Crippen LogP contribution in [0.3, 0.4) is 0 Å². The van der Waals surface area contributed by atoms with Crippen LogP contribution in [0, 0.1) is 5.82 Å². The van der Waals surface area contributed by atoms with Crippen molar-refractivity contribution in [3.05, 3.63) is 49.0 Å². The molecule has 0 unspecified atom stereocenters. The van der Waals surface area contributed by atoms with E-state index >= 15 is 0 Å². The number of halogens is 3. The normalized spacial score (nSPS) is 11.7. The highest BCUT2D eigenvalue weighted by atomic mass is 79.9. The molecule has 2 rings (SSSR count). The first-order valence-electron chi connectivity index (χ1n) is 5.95. The third-order valence-corrected chi connectivity index (χ3v) is 3.90. The Kier molecular flexibility index (Phi) is 4.16. The van der Waals surface area contributed by atoms with Crippen molar-refractivity contribution in [2.24, 2.45) is 0 Å². The topological polar surface area (TPSA) is 45.8 Å². The highest BCUT2D eigenvalue weighted by Crippen LogP contribution is 2.28. The Morgan fingerprint density at radius 1 is 1.20 bits per heavy atom. The Morgan fingerprint density at radius 3 is 2.40 bits per heavy atom. The van der Waals surface area contributed by atoms with Crippen molar-refractivity contribution >= 4 is 31.9 Å². The van der Waals surface area contributed by atoms with Gasteiger partial charge in [-0.3, -0.25) is 4.79 Å². The molecule has 106 valence electrons. The number of rotatable bonds is 1. The van der Waals surface area contributed by atoms with Crippen LogP contribution in [0.25, 0.3) is 11.4 Å². The summed E-state index contributed by atoms with van der Waals surface area (Å²) in [5.41, 5.74) is 0.579. The summed E-state index contributed by atoms with van der Waals surface area (Å²) in [5.74, 6) is -0.0411. The lowest BCUT2D eigenvalue weighted by molar-refractivity contribution is 0.562. The first-order valence-corrected chi connectivity index (χ1v) is 7.54. The first-order chi connectivity index (χ1) is 9.18. The largest absolute Gasteiger partial charge is 0.306 e. The van der Waals surface area contributed by atoms with Gasteiger partial charge in [-0.1, -0.05) is 36.7 Å². The summed E-state index contributed by atoms with van der Waals surface area (Å²) < 4.78 is 14.5. The Hall–Kier alpha value is -1.01. The van der Waals surface area contributed by atoms with E-state index in [1.165, 1.54) is 12.1 Å². The van der Waals surface area contributed by atoms with Crippen molar-refractivity contribution in [2.75, 3.05) is 0 Å². The van der Waals surface area contributed by atoms with E-state index < -0.39 is 5.82 Å². The molecule has 0 spiro atoms. The molecular weight excluding hydrogens is 391 g/mol. The zero-order valence-electron chi connectivity index (χ0n) is 11.2. The molecule has 0 saturated heterocycles. The van der Waals surface area contributed by atoms with E-state index in [1.54, 1.807) is 6.07 Å². The molecule has 3 nitrogen and oxygen atoms in total. The van der Waals surface area contributed by atoms with Gasteiger partial charge in [-0.15, -0.1) is 0 Å². The zero-order valence-corrected chi connectivity index (χ0v) is 14.4. The molecule has 0 fully saturated rings. The molecule has 0 atom stereocenters. The van der Waals surface area contributed by atoms with Crippen molar-refractivity contribution in [1.82, 2.24) is 9.97 Å². The summed E-state index contributed by atoms with van der Waals surface area (Å²) in [7, 11) is 0. The molecule has 1 heterocycles. The molecule has 0 radical (unpaired) electrons. The van der Waals surface area contributed by atoms with Crippen molar-refractivity contribution in [1.29, 1.82) is 0 Å². The minimum absolute atomic E-state index is 0.277. The number of nitrogens with one attached hydrogen (secondary N) is 1. The van der Waals surface area contributed by atoms with Gasteiger partial charge in [-0.2, -0.15) is 0 Å². The molecule has 2 aromatic rings. The lowest BCUT2D eigenvalue weighted by Gasteiger charge is -2.19. The van der Waals surface area contributed by atoms with E-state index in [0.29, 0.717) is 26.0 Å². The number of H-pyrrole nitrogens is 1. The van der Waals surface area contributed by atoms with Gasteiger partial charge in [0.15, 0.2) is 0 Å². The average Bonchev–Trinajstić information content (AvgIpc) is 2.29. The Bertz CT molecular complexity index is 700. The second kappa shape index (κ2) is 5.41.